The van der Waals surface area contributed by atoms with Crippen molar-refractivity contribution in [1.29, 1.82) is 0 Å². The van der Waals surface area contributed by atoms with Gasteiger partial charge in [0.1, 0.15) is 17.3 Å². The molecule has 3 aromatic rings. The third-order valence-corrected chi connectivity index (χ3v) is 4.08. The number of fused-ring (bicyclic) bond motifs is 1. The smallest absolute Gasteiger partial charge is 0.182 e. The molecule has 0 atom stereocenters. The van der Waals surface area contributed by atoms with E-state index in [-0.39, 0.29) is 20.0 Å². The van der Waals surface area contributed by atoms with Gasteiger partial charge in [-0.25, -0.2) is 8.78 Å². The van der Waals surface area contributed by atoms with Gasteiger partial charge in [-0.05, 0) is 46.3 Å². The number of hydrogen-bond donors (Lipinski definition) is 1. The quantitative estimate of drug-likeness (QED) is 0.566. The van der Waals surface area contributed by atoms with E-state index in [2.05, 4.69) is 20.9 Å². The molecule has 2 aromatic carbocycles. The molecule has 0 saturated carbocycles. The third-order valence-electron chi connectivity index (χ3n) is 2.89. The number of nitrogens with zero attached hydrogens (tertiary/aromatic N) is 1. The predicted octanol–water partition coefficient (Wildman–Crippen LogP) is 5.38. The fraction of sp³-hybridized carbons (Fsp3) is 0. The minimum Gasteiger partial charge on any atom is -0.330 e. The highest BCUT2D eigenvalue weighted by molar-refractivity contribution is 9.10. The summed E-state index contributed by atoms with van der Waals surface area (Å²) in [6.07, 6.45) is 0. The van der Waals surface area contributed by atoms with Gasteiger partial charge in [-0.15, -0.1) is 0 Å². The van der Waals surface area contributed by atoms with Crippen LogP contribution in [-0.4, -0.2) is 9.55 Å². The first-order valence-electron chi connectivity index (χ1n) is 5.53. The minimum absolute atomic E-state index is 0.143. The average molecular weight is 376 g/mol. The maximum absolute atomic E-state index is 14.1. The van der Waals surface area contributed by atoms with Gasteiger partial charge >= 0.3 is 0 Å². The number of para-hydroxylation sites is 1. The summed E-state index contributed by atoms with van der Waals surface area (Å²) in [7, 11) is 0. The van der Waals surface area contributed by atoms with Gasteiger partial charge in [0.15, 0.2) is 4.77 Å². The number of imidazole rings is 1. The topological polar surface area (TPSA) is 20.7 Å². The van der Waals surface area contributed by atoms with Gasteiger partial charge in [-0.2, -0.15) is 0 Å². The van der Waals surface area contributed by atoms with Crippen LogP contribution in [0.25, 0.3) is 16.7 Å². The van der Waals surface area contributed by atoms with E-state index in [4.69, 9.17) is 23.8 Å². The summed E-state index contributed by atoms with van der Waals surface area (Å²) in [5.74, 6) is -0.935. The summed E-state index contributed by atoms with van der Waals surface area (Å²) in [5, 5.41) is 0.224. The first-order valence-corrected chi connectivity index (χ1v) is 7.11. The summed E-state index contributed by atoms with van der Waals surface area (Å²) in [5.41, 5.74) is 1.15. The molecule has 102 valence electrons. The second-order valence-electron chi connectivity index (χ2n) is 4.12. The van der Waals surface area contributed by atoms with Crippen molar-refractivity contribution in [3.63, 3.8) is 0 Å². The molecular formula is C13H6BrClF2N2S. The molecule has 20 heavy (non-hydrogen) atoms. The lowest BCUT2D eigenvalue weighted by molar-refractivity contribution is 0.618. The zero-order chi connectivity index (χ0) is 14.4. The molecule has 0 aliphatic heterocycles. The highest BCUT2D eigenvalue weighted by Gasteiger charge is 2.15. The van der Waals surface area contributed by atoms with Crippen LogP contribution in [0.5, 0.6) is 0 Å². The van der Waals surface area contributed by atoms with Crippen molar-refractivity contribution in [2.75, 3.05) is 0 Å². The van der Waals surface area contributed by atoms with Crippen LogP contribution in [0.1, 0.15) is 0 Å². The highest BCUT2D eigenvalue weighted by Crippen LogP contribution is 2.30. The minimum atomic E-state index is -0.505. The lowest BCUT2D eigenvalue weighted by Gasteiger charge is -2.08. The molecule has 1 heterocycles. The van der Waals surface area contributed by atoms with E-state index >= 15 is 0 Å². The number of rotatable bonds is 1. The summed E-state index contributed by atoms with van der Waals surface area (Å²) >= 11 is 14.3. The Bertz CT molecular complexity index is 868. The lowest BCUT2D eigenvalue weighted by Crippen LogP contribution is -1.99. The van der Waals surface area contributed by atoms with E-state index in [0.29, 0.717) is 11.0 Å². The molecule has 0 unspecified atom stereocenters. The lowest BCUT2D eigenvalue weighted by atomic mass is 10.2. The summed E-state index contributed by atoms with van der Waals surface area (Å²) in [6.45, 7) is 0. The Hall–Kier alpha value is -1.24. The number of benzene rings is 2. The van der Waals surface area contributed by atoms with E-state index < -0.39 is 11.6 Å². The number of hydrogen-bond acceptors (Lipinski definition) is 1. The molecule has 2 nitrogen and oxygen atoms in total. The predicted molar refractivity (Wildman–Crippen MR) is 81.1 cm³/mol. The van der Waals surface area contributed by atoms with Crippen molar-refractivity contribution in [3.8, 4) is 5.69 Å². The molecule has 7 heteroatoms. The Balaban J connectivity index is 2.46. The highest BCUT2D eigenvalue weighted by atomic mass is 79.9. The fourth-order valence-corrected chi connectivity index (χ4v) is 2.91. The first-order chi connectivity index (χ1) is 9.49. The monoisotopic (exact) mass is 374 g/mol. The average Bonchev–Trinajstić information content (AvgIpc) is 2.67. The third kappa shape index (κ3) is 2.08. The van der Waals surface area contributed by atoms with Crippen molar-refractivity contribution in [2.24, 2.45) is 0 Å². The molecule has 1 N–H and O–H groups in total. The Labute approximate surface area is 131 Å². The first kappa shape index (κ1) is 13.7. The van der Waals surface area contributed by atoms with E-state index in [1.807, 2.05) is 0 Å². The van der Waals surface area contributed by atoms with Crippen molar-refractivity contribution in [1.82, 2.24) is 9.55 Å². The van der Waals surface area contributed by atoms with Gasteiger partial charge in [-0.3, -0.25) is 4.57 Å². The molecule has 0 saturated heterocycles. The van der Waals surface area contributed by atoms with Crippen LogP contribution in [0.3, 0.4) is 0 Å². The van der Waals surface area contributed by atoms with Gasteiger partial charge in [0, 0.05) is 6.07 Å². The van der Waals surface area contributed by atoms with Gasteiger partial charge in [0.2, 0.25) is 0 Å². The molecule has 0 aliphatic carbocycles. The Morgan fingerprint density at radius 3 is 2.65 bits per heavy atom. The molecule has 1 aromatic heterocycles. The number of H-pyrrole nitrogens is 1. The van der Waals surface area contributed by atoms with Gasteiger partial charge in [0.05, 0.1) is 20.5 Å². The van der Waals surface area contributed by atoms with Gasteiger partial charge < -0.3 is 4.98 Å². The number of aromatic nitrogens is 2. The summed E-state index contributed by atoms with van der Waals surface area (Å²) < 4.78 is 29.5. The van der Waals surface area contributed by atoms with E-state index in [1.54, 1.807) is 6.07 Å². The molecule has 0 bridgehead atoms. The largest absolute Gasteiger partial charge is 0.330 e. The van der Waals surface area contributed by atoms with Crippen molar-refractivity contribution >= 4 is 50.8 Å². The molecule has 0 fully saturated rings. The molecule has 0 spiro atoms. The van der Waals surface area contributed by atoms with E-state index in [1.165, 1.54) is 28.8 Å². The molecular weight excluding hydrogens is 370 g/mol. The normalized spacial score (nSPS) is 11.2. The number of aromatic amines is 1. The Morgan fingerprint density at radius 2 is 1.95 bits per heavy atom. The zero-order valence-corrected chi connectivity index (χ0v) is 12.9. The molecule has 0 amide bonds. The molecule has 3 rings (SSSR count). The van der Waals surface area contributed by atoms with Gasteiger partial charge in [0.25, 0.3) is 0 Å². The summed E-state index contributed by atoms with van der Waals surface area (Å²) in [6, 6.07) is 7.19. The van der Waals surface area contributed by atoms with Crippen molar-refractivity contribution in [2.45, 2.75) is 0 Å². The van der Waals surface area contributed by atoms with Crippen molar-refractivity contribution < 1.29 is 8.78 Å². The fourth-order valence-electron chi connectivity index (χ4n) is 2.03. The number of halogens is 4. The second kappa shape index (κ2) is 4.95. The van der Waals surface area contributed by atoms with Crippen LogP contribution in [0.2, 0.25) is 5.02 Å². The Kier molecular flexibility index (Phi) is 3.40. The van der Waals surface area contributed by atoms with Crippen LogP contribution in [0.15, 0.2) is 34.8 Å². The van der Waals surface area contributed by atoms with Crippen molar-refractivity contribution in [3.05, 3.63) is 56.2 Å². The standard InChI is InChI=1S/C13H6BrClF2N2S/c14-6-4-11-10(5-9(6)17)18-13(20)19(11)12-7(15)2-1-3-8(12)16/h1-5H,(H,18,20). The van der Waals surface area contributed by atoms with E-state index in [0.717, 1.165) is 0 Å². The maximum Gasteiger partial charge on any atom is 0.182 e. The van der Waals surface area contributed by atoms with E-state index in [9.17, 15) is 8.78 Å². The van der Waals surface area contributed by atoms with Crippen LogP contribution in [0.4, 0.5) is 8.78 Å². The number of nitrogens with one attached hydrogen (secondary N) is 1. The molecule has 0 aliphatic rings. The van der Waals surface area contributed by atoms with Crippen LogP contribution < -0.4 is 0 Å². The second-order valence-corrected chi connectivity index (χ2v) is 5.77. The van der Waals surface area contributed by atoms with Gasteiger partial charge in [-0.1, -0.05) is 17.7 Å². The van der Waals surface area contributed by atoms with Crippen LogP contribution >= 0.6 is 39.7 Å². The SMILES string of the molecule is Fc1cc2[nH]c(=S)n(-c3c(F)cccc3Cl)c2cc1Br. The molecule has 0 radical (unpaired) electrons. The summed E-state index contributed by atoms with van der Waals surface area (Å²) in [4.78, 5) is 2.84. The van der Waals surface area contributed by atoms with Crippen LogP contribution in [0, 0.1) is 16.4 Å². The van der Waals surface area contributed by atoms with Crippen LogP contribution in [-0.2, 0) is 0 Å². The maximum atomic E-state index is 14.1. The zero-order valence-electron chi connectivity index (χ0n) is 9.75. The Morgan fingerprint density at radius 1 is 1.20 bits per heavy atom.